The van der Waals surface area contributed by atoms with E-state index in [4.69, 9.17) is 49.5 Å². The summed E-state index contributed by atoms with van der Waals surface area (Å²) in [6.07, 6.45) is 13.8. The number of nitrogens with one attached hydrogen (secondary N) is 5. The van der Waals surface area contributed by atoms with Gasteiger partial charge in [0.05, 0.1) is 73.8 Å². The van der Waals surface area contributed by atoms with E-state index in [1.165, 1.54) is 106 Å². The lowest BCUT2D eigenvalue weighted by molar-refractivity contribution is -0.148. The fourth-order valence-corrected chi connectivity index (χ4v) is 16.2. The third kappa shape index (κ3) is 30.7. The van der Waals surface area contributed by atoms with Gasteiger partial charge in [0.1, 0.15) is 28.7 Å². The first-order chi connectivity index (χ1) is 67.8. The Bertz CT molecular complexity index is 5530. The molecule has 4 fully saturated rings. The van der Waals surface area contributed by atoms with E-state index in [1.54, 1.807) is 127 Å². The summed E-state index contributed by atoms with van der Waals surface area (Å²) in [5.41, 5.74) is 2.23. The topological polar surface area (TPSA) is 392 Å². The van der Waals surface area contributed by atoms with E-state index in [0.717, 1.165) is 90.5 Å². The number of carbonyl (C=O) groups excluding carboxylic acids is 14. The van der Waals surface area contributed by atoms with Gasteiger partial charge in [-0.1, -0.05) is 274 Å². The third-order valence-corrected chi connectivity index (χ3v) is 24.5. The number of carbonyl (C=O) groups is 14. The summed E-state index contributed by atoms with van der Waals surface area (Å²) in [4.78, 5) is 197. The van der Waals surface area contributed by atoms with Crippen LogP contribution in [0.5, 0.6) is 28.7 Å². The highest BCUT2D eigenvalue weighted by atomic mass is 35.5. The minimum Gasteiger partial charge on any atom is -0.494 e. The lowest BCUT2D eigenvalue weighted by Crippen LogP contribution is -2.55. The van der Waals surface area contributed by atoms with Crippen LogP contribution < -0.4 is 50.3 Å². The first kappa shape index (κ1) is 112. The first-order valence-electron chi connectivity index (χ1n) is 48.9. The van der Waals surface area contributed by atoms with Gasteiger partial charge in [-0.15, -0.1) is 0 Å². The summed E-state index contributed by atoms with van der Waals surface area (Å²) in [6, 6.07) is 37.8. The average molecular weight is 1980 g/mol. The van der Waals surface area contributed by atoms with Crippen molar-refractivity contribution in [1.82, 2.24) is 29.4 Å². The van der Waals surface area contributed by atoms with Gasteiger partial charge in [-0.2, -0.15) is 0 Å². The quantitative estimate of drug-likeness (QED) is 0.0134. The van der Waals surface area contributed by atoms with Crippen LogP contribution in [0, 0.1) is 30.1 Å². The standard InChI is InChI=1S/C40H57N3O7.C38H46N4O8.C30H37ClN4O7/c1-5-7-9-11-13-18-26-49-31-22-23-33(50-27-19-14-12-10-8-6-2)32(28-31)41-36(45)34(35(44)40(3)24-25-40)43-37(46)38(48-4)42(39(43)47)29-30-20-16-15-17-21-30;1-8-9-19-49-30-18-16-27(39-31(43)23-50-29-17-15-24(2)20-25(29)3)21-28(30)40-34(45)32(33(44)38(4,5)6)42-35(46)36(48-7)41(37(42)47)22-26-13-11-10-12-14-26;1-7-8-14-42-23-15-20(31)21(32-18(2)36)16-22(23)33-26(38)24(25(37)30(3,4)5)35-27(39)28(41-6)34(29(35)40)17-19-12-10-9-11-13-19/h15-17,20-23,28,34,38H,5-14,18-19,24-27,29H2,1-4H3,(H,41,45);10-18,20-21,32,36H,8-9,19,22-23H2,1-7H3,(H,39,43)(H,40,45);9-13,15-16,24,28H,7-8,14,17H2,1-6H3,(H,32,36)(H,33,38). The molecule has 142 heavy (non-hydrogen) atoms. The Kier molecular flexibility index (Phi) is 42.5. The number of unbranched alkanes of at least 4 members (excludes halogenated alkanes) is 12. The second-order valence-electron chi connectivity index (χ2n) is 38.0. The second-order valence-corrected chi connectivity index (χ2v) is 38.4. The maximum absolute atomic E-state index is 14.3. The van der Waals surface area contributed by atoms with Crippen molar-refractivity contribution in [3.8, 4) is 28.7 Å². The fourth-order valence-electron chi connectivity index (χ4n) is 16.0. The van der Waals surface area contributed by atoms with Gasteiger partial charge in [0.2, 0.25) is 24.6 Å². The highest BCUT2D eigenvalue weighted by molar-refractivity contribution is 6.34. The molecule has 3 heterocycles. The number of benzene rings is 7. The van der Waals surface area contributed by atoms with E-state index in [0.29, 0.717) is 77.7 Å². The molecule has 1 aliphatic carbocycles. The van der Waals surface area contributed by atoms with Crippen LogP contribution >= 0.6 is 11.6 Å². The molecule has 6 unspecified atom stereocenters. The molecule has 7 aromatic rings. The molecule has 3 saturated heterocycles. The van der Waals surface area contributed by atoms with Gasteiger partial charge in [0, 0.05) is 62.3 Å². The molecule has 6 atom stereocenters. The monoisotopic (exact) mass is 1980 g/mol. The Balaban J connectivity index is 0.000000239. The lowest BCUT2D eigenvalue weighted by Gasteiger charge is -2.29. The number of aryl methyl sites for hydroxylation is 2. The summed E-state index contributed by atoms with van der Waals surface area (Å²) in [5.74, 6) is -5.67. The van der Waals surface area contributed by atoms with Crippen molar-refractivity contribution >= 4 is 123 Å². The molecule has 33 nitrogen and oxygen atoms in total. The molecular weight excluding hydrogens is 1840 g/mol. The first-order valence-corrected chi connectivity index (χ1v) is 49.2. The van der Waals surface area contributed by atoms with Crippen LogP contribution in [0.3, 0.4) is 0 Å². The van der Waals surface area contributed by atoms with Crippen LogP contribution in [0.25, 0.3) is 0 Å². The minimum atomic E-state index is -1.83. The van der Waals surface area contributed by atoms with Gasteiger partial charge in [0.15, 0.2) is 42.1 Å². The Hall–Kier alpha value is -13.1. The summed E-state index contributed by atoms with van der Waals surface area (Å²) in [6.45, 7) is 26.4. The number of ether oxygens (including phenoxy) is 8. The van der Waals surface area contributed by atoms with Gasteiger partial charge >= 0.3 is 18.1 Å². The number of Topliss-reactive ketones (excluding diaryl/α,β-unsaturated/α-hetero) is 3. The minimum absolute atomic E-state index is 0.0167. The zero-order valence-corrected chi connectivity index (χ0v) is 85.7. The van der Waals surface area contributed by atoms with Gasteiger partial charge in [-0.05, 0) is 117 Å². The summed E-state index contributed by atoms with van der Waals surface area (Å²) >= 11 is 6.35. The van der Waals surface area contributed by atoms with Crippen molar-refractivity contribution in [3.63, 3.8) is 0 Å². The van der Waals surface area contributed by atoms with E-state index >= 15 is 0 Å². The Morgan fingerprint density at radius 1 is 0.401 bits per heavy atom. The van der Waals surface area contributed by atoms with Crippen molar-refractivity contribution in [1.29, 1.82) is 0 Å². The Morgan fingerprint density at radius 2 is 0.775 bits per heavy atom. The van der Waals surface area contributed by atoms with Crippen molar-refractivity contribution in [2.45, 2.75) is 269 Å². The SMILES string of the molecule is CCCCCCCCOc1ccc(OCCCCCCCC)c(NC(=O)C(C(=O)C2(C)CC2)N2C(=O)C(OC)N(Cc3ccccc3)C2=O)c1.CCCCOc1cc(Cl)c(NC(C)=O)cc1NC(=O)C(C(=O)C(C)(C)C)N1C(=O)C(OC)N(Cc2ccccc2)C1=O.CCCCOc1ccc(NC(=O)COc2ccc(C)cc2C)cc1NC(=O)C(C(=O)C(C)(C)C)N1C(=O)C(OC)N(Cc2ccccc2)C1=O. The smallest absolute Gasteiger partial charge is 0.330 e. The number of halogens is 1. The molecule has 0 aromatic heterocycles. The number of urea groups is 3. The molecule has 34 heteroatoms. The predicted molar refractivity (Wildman–Crippen MR) is 541 cm³/mol. The zero-order chi connectivity index (χ0) is 104. The highest BCUT2D eigenvalue weighted by Crippen LogP contribution is 2.48. The van der Waals surface area contributed by atoms with Crippen LogP contribution in [-0.4, -0.2) is 203 Å². The Morgan fingerprint density at radius 3 is 1.18 bits per heavy atom. The van der Waals surface area contributed by atoms with Gasteiger partial charge in [0.25, 0.3) is 41.4 Å². The van der Waals surface area contributed by atoms with Gasteiger partial charge in [-0.25, -0.2) is 29.1 Å². The van der Waals surface area contributed by atoms with E-state index in [-0.39, 0.29) is 59.8 Å². The number of hydrogen-bond donors (Lipinski definition) is 5. The molecule has 4 aliphatic rings. The van der Waals surface area contributed by atoms with Crippen LogP contribution in [0.2, 0.25) is 5.02 Å². The van der Waals surface area contributed by atoms with Crippen LogP contribution in [-0.2, 0) is 86.6 Å². The summed E-state index contributed by atoms with van der Waals surface area (Å²) < 4.78 is 45.9. The maximum atomic E-state index is 14.3. The van der Waals surface area contributed by atoms with Crippen LogP contribution in [0.1, 0.15) is 226 Å². The number of imide groups is 3. The zero-order valence-electron chi connectivity index (χ0n) is 84.9. The van der Waals surface area contributed by atoms with Gasteiger partial charge in [-0.3, -0.25) is 67.4 Å². The van der Waals surface area contributed by atoms with Crippen LogP contribution in [0.4, 0.5) is 42.8 Å². The summed E-state index contributed by atoms with van der Waals surface area (Å²) in [5, 5.41) is 13.7. The molecule has 7 aromatic carbocycles. The number of rotatable bonds is 51. The van der Waals surface area contributed by atoms with Crippen molar-refractivity contribution in [3.05, 3.63) is 191 Å². The molecule has 11 rings (SSSR count). The molecule has 1 saturated carbocycles. The van der Waals surface area contributed by atoms with E-state index in [1.807, 2.05) is 88.4 Å². The average Bonchev–Trinajstić information content (AvgIpc) is 1.59. The van der Waals surface area contributed by atoms with Crippen molar-refractivity contribution in [2.75, 3.05) is 80.9 Å². The fraction of sp³-hybridized carbons (Fsp3) is 0.481. The molecule has 14 amide bonds. The molecule has 0 spiro atoms. The number of amides is 14. The van der Waals surface area contributed by atoms with E-state index in [9.17, 15) is 67.1 Å². The lowest BCUT2D eigenvalue weighted by atomic mass is 9.85. The second kappa shape index (κ2) is 53.7. The Labute approximate surface area is 838 Å². The highest BCUT2D eigenvalue weighted by Gasteiger charge is 2.60. The number of ketones is 3. The number of nitrogens with zero attached hydrogens (tertiary/aromatic N) is 6. The van der Waals surface area contributed by atoms with Gasteiger partial charge < -0.3 is 64.5 Å². The normalized spacial score (nSPS) is 16.1. The molecule has 0 bridgehead atoms. The molecule has 5 N–H and O–H groups in total. The molecule has 3 aliphatic heterocycles. The van der Waals surface area contributed by atoms with E-state index < -0.39 is 136 Å². The summed E-state index contributed by atoms with van der Waals surface area (Å²) in [7, 11) is 3.89. The van der Waals surface area contributed by atoms with Crippen molar-refractivity contribution < 1.29 is 105 Å². The molecule has 0 radical (unpaired) electrons. The number of hydrogen-bond acceptors (Lipinski definition) is 22. The van der Waals surface area contributed by atoms with Crippen LogP contribution in [0.15, 0.2) is 158 Å². The number of anilines is 5. The largest absolute Gasteiger partial charge is 0.494 e. The molecule has 766 valence electrons. The maximum Gasteiger partial charge on any atom is 0.330 e. The number of methoxy groups -OCH3 is 3. The third-order valence-electron chi connectivity index (χ3n) is 24.2. The van der Waals surface area contributed by atoms with E-state index in [2.05, 4.69) is 40.4 Å². The van der Waals surface area contributed by atoms with Crippen molar-refractivity contribution in [2.24, 2.45) is 16.2 Å². The predicted octanol–water partition coefficient (Wildman–Crippen LogP) is 19.0. The molecular formula is C108H140ClN11O22.